The average Bonchev–Trinajstić information content (AvgIpc) is 2.94. The number of thiophene rings is 1. The Kier molecular flexibility index (Phi) is 3.19. The highest BCUT2D eigenvalue weighted by Crippen LogP contribution is 2.33. The van der Waals surface area contributed by atoms with E-state index in [9.17, 15) is 18.6 Å². The van der Waals surface area contributed by atoms with Crippen LogP contribution in [0, 0.1) is 0 Å². The maximum atomic E-state index is 12.4. The van der Waals surface area contributed by atoms with Crippen molar-refractivity contribution in [1.29, 1.82) is 0 Å². The van der Waals surface area contributed by atoms with E-state index in [0.29, 0.717) is 17.2 Å². The largest absolute Gasteiger partial charge is 0.504 e. The topological polar surface area (TPSA) is 77.8 Å². The van der Waals surface area contributed by atoms with Crippen molar-refractivity contribution in [2.75, 3.05) is 6.54 Å². The lowest BCUT2D eigenvalue weighted by Gasteiger charge is -2.27. The second kappa shape index (κ2) is 4.76. The molecule has 2 N–H and O–H groups in total. The summed E-state index contributed by atoms with van der Waals surface area (Å²) >= 11 is 1.19. The van der Waals surface area contributed by atoms with Gasteiger partial charge in [-0.05, 0) is 41.1 Å². The Labute approximate surface area is 120 Å². The van der Waals surface area contributed by atoms with Crippen molar-refractivity contribution < 1.29 is 18.6 Å². The average molecular weight is 311 g/mol. The monoisotopic (exact) mass is 311 g/mol. The van der Waals surface area contributed by atoms with Crippen molar-refractivity contribution in [3.8, 4) is 11.5 Å². The number of phenols is 2. The van der Waals surface area contributed by atoms with Crippen LogP contribution in [0.3, 0.4) is 0 Å². The molecule has 0 aliphatic carbocycles. The lowest BCUT2D eigenvalue weighted by Crippen LogP contribution is -2.35. The molecule has 5 nitrogen and oxygen atoms in total. The fraction of sp³-hybridized carbons (Fsp3) is 0.231. The maximum Gasteiger partial charge on any atom is 0.252 e. The van der Waals surface area contributed by atoms with Crippen molar-refractivity contribution in [2.24, 2.45) is 0 Å². The van der Waals surface area contributed by atoms with E-state index < -0.39 is 10.0 Å². The summed E-state index contributed by atoms with van der Waals surface area (Å²) in [4.78, 5) is 0. The molecule has 0 bridgehead atoms. The first-order chi connectivity index (χ1) is 9.48. The van der Waals surface area contributed by atoms with E-state index in [2.05, 4.69) is 0 Å². The van der Waals surface area contributed by atoms with E-state index >= 15 is 0 Å². The second-order valence-corrected chi connectivity index (χ2v) is 7.74. The van der Waals surface area contributed by atoms with Crippen molar-refractivity contribution in [3.63, 3.8) is 0 Å². The number of benzene rings is 1. The summed E-state index contributed by atoms with van der Waals surface area (Å²) in [6, 6.07) is 6.23. The molecule has 1 aromatic heterocycles. The number of nitrogens with zero attached hydrogens (tertiary/aromatic N) is 1. The molecule has 2 heterocycles. The Bertz CT molecular complexity index is 738. The van der Waals surface area contributed by atoms with Gasteiger partial charge < -0.3 is 10.2 Å². The molecule has 1 aromatic carbocycles. The van der Waals surface area contributed by atoms with Gasteiger partial charge in [-0.25, -0.2) is 8.42 Å². The van der Waals surface area contributed by atoms with Crippen LogP contribution in [-0.2, 0) is 23.0 Å². The molecule has 0 spiro atoms. The smallest absolute Gasteiger partial charge is 0.252 e. The van der Waals surface area contributed by atoms with Gasteiger partial charge in [0.05, 0.1) is 0 Å². The number of sulfonamides is 1. The van der Waals surface area contributed by atoms with Crippen LogP contribution in [0.4, 0.5) is 0 Å². The molecule has 1 aliphatic heterocycles. The molecular formula is C13H13NO4S2. The molecule has 0 unspecified atom stereocenters. The van der Waals surface area contributed by atoms with E-state index in [0.717, 1.165) is 11.1 Å². The van der Waals surface area contributed by atoms with Crippen LogP contribution in [0.5, 0.6) is 11.5 Å². The first-order valence-corrected chi connectivity index (χ1v) is 8.38. The van der Waals surface area contributed by atoms with Crippen LogP contribution >= 0.6 is 11.3 Å². The Morgan fingerprint density at radius 3 is 2.50 bits per heavy atom. The zero-order valence-electron chi connectivity index (χ0n) is 10.5. The van der Waals surface area contributed by atoms with Gasteiger partial charge >= 0.3 is 0 Å². The molecule has 0 amide bonds. The number of hydrogen-bond donors (Lipinski definition) is 2. The number of phenolic OH excluding ortho intramolecular Hbond substituents is 2. The van der Waals surface area contributed by atoms with Crippen LogP contribution < -0.4 is 0 Å². The van der Waals surface area contributed by atoms with E-state index in [1.807, 2.05) is 0 Å². The van der Waals surface area contributed by atoms with Crippen LogP contribution in [-0.4, -0.2) is 29.5 Å². The third-order valence-corrected chi connectivity index (χ3v) is 6.58. The molecule has 106 valence electrons. The van der Waals surface area contributed by atoms with Crippen molar-refractivity contribution in [3.05, 3.63) is 40.8 Å². The normalized spacial score (nSPS) is 16.0. The minimum atomic E-state index is -3.48. The molecule has 0 saturated heterocycles. The molecule has 0 saturated carbocycles. The highest BCUT2D eigenvalue weighted by molar-refractivity contribution is 7.91. The van der Waals surface area contributed by atoms with E-state index in [1.54, 1.807) is 17.5 Å². The van der Waals surface area contributed by atoms with Crippen molar-refractivity contribution in [2.45, 2.75) is 17.2 Å². The lowest BCUT2D eigenvalue weighted by molar-refractivity contribution is 0.379. The number of fused-ring (bicyclic) bond motifs is 1. The van der Waals surface area contributed by atoms with Crippen LogP contribution in [0.1, 0.15) is 11.1 Å². The van der Waals surface area contributed by atoms with Crippen LogP contribution in [0.25, 0.3) is 0 Å². The van der Waals surface area contributed by atoms with Crippen molar-refractivity contribution in [1.82, 2.24) is 4.31 Å². The van der Waals surface area contributed by atoms with Gasteiger partial charge in [-0.2, -0.15) is 4.31 Å². The van der Waals surface area contributed by atoms with Gasteiger partial charge in [0.1, 0.15) is 4.21 Å². The van der Waals surface area contributed by atoms with Crippen LogP contribution in [0.15, 0.2) is 33.9 Å². The van der Waals surface area contributed by atoms with Crippen molar-refractivity contribution >= 4 is 21.4 Å². The summed E-state index contributed by atoms with van der Waals surface area (Å²) in [5.41, 5.74) is 1.60. The first-order valence-electron chi connectivity index (χ1n) is 6.06. The Morgan fingerprint density at radius 1 is 1.15 bits per heavy atom. The third-order valence-electron chi connectivity index (χ3n) is 3.36. The quantitative estimate of drug-likeness (QED) is 0.831. The van der Waals surface area contributed by atoms with Gasteiger partial charge in [0.15, 0.2) is 11.5 Å². The summed E-state index contributed by atoms with van der Waals surface area (Å²) in [5.74, 6) is -0.391. The SMILES string of the molecule is O=S(=O)(c1cccs1)N1CCc2cc(O)c(O)cc2C1. The molecule has 0 radical (unpaired) electrons. The fourth-order valence-corrected chi connectivity index (χ4v) is 4.86. The highest BCUT2D eigenvalue weighted by atomic mass is 32.2. The van der Waals surface area contributed by atoms with E-state index in [4.69, 9.17) is 0 Å². The van der Waals surface area contributed by atoms with E-state index in [1.165, 1.54) is 27.8 Å². The predicted molar refractivity (Wildman–Crippen MR) is 75.4 cm³/mol. The lowest BCUT2D eigenvalue weighted by atomic mass is 10.0. The zero-order valence-corrected chi connectivity index (χ0v) is 12.1. The standard InChI is InChI=1S/C13H13NO4S2/c15-11-6-9-3-4-14(8-10(9)7-12(11)16)20(17,18)13-2-1-5-19-13/h1-2,5-7,15-16H,3-4,8H2. The van der Waals surface area contributed by atoms with Gasteiger partial charge in [-0.15, -0.1) is 11.3 Å². The summed E-state index contributed by atoms with van der Waals surface area (Å²) in [6.07, 6.45) is 0.522. The molecular weight excluding hydrogens is 298 g/mol. The fourth-order valence-electron chi connectivity index (χ4n) is 2.30. The zero-order chi connectivity index (χ0) is 14.3. The Balaban J connectivity index is 1.95. The second-order valence-electron chi connectivity index (χ2n) is 4.63. The molecule has 0 fully saturated rings. The molecule has 2 aromatic rings. The molecule has 1 aliphatic rings. The minimum Gasteiger partial charge on any atom is -0.504 e. The minimum absolute atomic E-state index is 0.168. The molecule has 3 rings (SSSR count). The number of rotatable bonds is 2. The van der Waals surface area contributed by atoms with Gasteiger partial charge in [0.2, 0.25) is 0 Å². The molecule has 20 heavy (non-hydrogen) atoms. The Hall–Kier alpha value is -1.57. The van der Waals surface area contributed by atoms with Crippen LogP contribution in [0.2, 0.25) is 0 Å². The maximum absolute atomic E-state index is 12.4. The molecule has 7 heteroatoms. The summed E-state index contributed by atoms with van der Waals surface area (Å²) in [7, 11) is -3.48. The van der Waals surface area contributed by atoms with Gasteiger partial charge in [-0.1, -0.05) is 6.07 Å². The Morgan fingerprint density at radius 2 is 1.85 bits per heavy atom. The number of aromatic hydroxyl groups is 2. The summed E-state index contributed by atoms with van der Waals surface area (Å²) in [5, 5.41) is 20.7. The molecule has 0 atom stereocenters. The van der Waals surface area contributed by atoms with Gasteiger partial charge in [0.25, 0.3) is 10.0 Å². The summed E-state index contributed by atoms with van der Waals surface area (Å²) in [6.45, 7) is 0.584. The number of hydrogen-bond acceptors (Lipinski definition) is 5. The predicted octanol–water partition coefficient (Wildman–Crippen LogP) is 1.91. The van der Waals surface area contributed by atoms with E-state index in [-0.39, 0.29) is 18.0 Å². The van der Waals surface area contributed by atoms with Gasteiger partial charge in [-0.3, -0.25) is 0 Å². The highest BCUT2D eigenvalue weighted by Gasteiger charge is 2.29. The summed E-state index contributed by atoms with van der Waals surface area (Å²) < 4.78 is 26.6. The first kappa shape index (κ1) is 13.4. The third kappa shape index (κ3) is 2.17. The van der Waals surface area contributed by atoms with Gasteiger partial charge in [0, 0.05) is 13.1 Å².